The summed E-state index contributed by atoms with van der Waals surface area (Å²) < 4.78 is 31.1. The predicted octanol–water partition coefficient (Wildman–Crippen LogP) is 3.19. The number of ether oxygens (including phenoxy) is 1. The van der Waals surface area contributed by atoms with E-state index in [1.807, 2.05) is 12.1 Å². The molecule has 19 heavy (non-hydrogen) atoms. The molecule has 0 aliphatic carbocycles. The average molecular weight is 264 g/mol. The van der Waals surface area contributed by atoms with E-state index in [1.165, 1.54) is 6.07 Å². The Hall–Kier alpha value is -1.78. The fourth-order valence-electron chi connectivity index (χ4n) is 1.95. The van der Waals surface area contributed by atoms with E-state index in [0.717, 1.165) is 17.7 Å². The van der Waals surface area contributed by atoms with Crippen molar-refractivity contribution in [1.29, 1.82) is 0 Å². The first kappa shape index (κ1) is 13.6. The lowest BCUT2D eigenvalue weighted by Gasteiger charge is -2.15. The van der Waals surface area contributed by atoms with Gasteiger partial charge in [-0.1, -0.05) is 30.3 Å². The molecule has 4 heteroatoms. The molecule has 2 aromatic rings. The van der Waals surface area contributed by atoms with E-state index in [-0.39, 0.29) is 0 Å². The van der Waals surface area contributed by atoms with Crippen LogP contribution in [0.25, 0.3) is 0 Å². The van der Waals surface area contributed by atoms with Gasteiger partial charge in [0.2, 0.25) is 0 Å². The molecule has 0 aliphatic rings. The van der Waals surface area contributed by atoms with Crippen LogP contribution in [0.1, 0.15) is 22.8 Å². The molecule has 0 spiro atoms. The van der Waals surface area contributed by atoms with Gasteiger partial charge in [-0.05, 0) is 28.8 Å². The summed E-state index contributed by atoms with van der Waals surface area (Å²) in [7, 11) is 1.56. The van der Waals surface area contributed by atoms with Crippen molar-refractivity contribution in [2.75, 3.05) is 7.11 Å². The predicted molar refractivity (Wildman–Crippen MR) is 67.6 cm³/mol. The third-order valence-electron chi connectivity index (χ3n) is 2.91. The van der Waals surface area contributed by atoms with Gasteiger partial charge in [-0.15, -0.1) is 0 Å². The van der Waals surface area contributed by atoms with Gasteiger partial charge in [0, 0.05) is 7.11 Å². The highest BCUT2D eigenvalue weighted by molar-refractivity contribution is 5.35. The Morgan fingerprint density at radius 3 is 2.53 bits per heavy atom. The minimum Gasteiger partial charge on any atom is -0.384 e. The Morgan fingerprint density at radius 2 is 1.84 bits per heavy atom. The molecule has 1 N–H and O–H groups in total. The van der Waals surface area contributed by atoms with Gasteiger partial charge in [-0.25, -0.2) is 8.78 Å². The normalized spacial score (nSPS) is 12.4. The summed E-state index contributed by atoms with van der Waals surface area (Å²) in [5.41, 5.74) is 1.74. The minimum absolute atomic E-state index is 0.308. The molecule has 1 atom stereocenters. The molecule has 0 saturated heterocycles. The molecule has 0 saturated carbocycles. The lowest BCUT2D eigenvalue weighted by molar-refractivity contribution is 0.176. The Kier molecular flexibility index (Phi) is 4.24. The van der Waals surface area contributed by atoms with Gasteiger partial charge in [0.15, 0.2) is 11.6 Å². The lowest BCUT2D eigenvalue weighted by atomic mass is 9.97. The number of hydrogen-bond acceptors (Lipinski definition) is 2. The summed E-state index contributed by atoms with van der Waals surface area (Å²) in [5, 5.41) is 10.3. The van der Waals surface area contributed by atoms with Crippen molar-refractivity contribution in [3.05, 3.63) is 70.8 Å². The molecule has 0 radical (unpaired) electrons. The first-order chi connectivity index (χ1) is 9.13. The van der Waals surface area contributed by atoms with Crippen molar-refractivity contribution >= 4 is 0 Å². The molecule has 0 aliphatic heterocycles. The van der Waals surface area contributed by atoms with E-state index in [9.17, 15) is 13.9 Å². The molecule has 0 bridgehead atoms. The highest BCUT2D eigenvalue weighted by Crippen LogP contribution is 2.26. The minimum atomic E-state index is -1.01. The number of aliphatic hydroxyl groups is 1. The summed E-state index contributed by atoms with van der Waals surface area (Å²) >= 11 is 0. The molecule has 2 rings (SSSR count). The topological polar surface area (TPSA) is 29.5 Å². The standard InChI is InChI=1S/C15H14F2O2/c1-19-9-11-4-2-3-5-12(11)15(18)10-6-7-13(16)14(17)8-10/h2-8,15,18H,9H2,1H3. The Morgan fingerprint density at radius 1 is 1.11 bits per heavy atom. The Bertz CT molecular complexity index is 570. The van der Waals surface area contributed by atoms with Gasteiger partial charge < -0.3 is 9.84 Å². The van der Waals surface area contributed by atoms with Crippen molar-refractivity contribution in [2.45, 2.75) is 12.7 Å². The first-order valence-electron chi connectivity index (χ1n) is 5.83. The Labute approximate surface area is 110 Å². The van der Waals surface area contributed by atoms with Gasteiger partial charge in [0.05, 0.1) is 6.61 Å². The van der Waals surface area contributed by atoms with Crippen LogP contribution in [0.3, 0.4) is 0 Å². The molecule has 1 unspecified atom stereocenters. The monoisotopic (exact) mass is 264 g/mol. The maximum atomic E-state index is 13.2. The summed E-state index contributed by atoms with van der Waals surface area (Å²) in [4.78, 5) is 0. The van der Waals surface area contributed by atoms with Gasteiger partial charge in [-0.3, -0.25) is 0 Å². The van der Waals surface area contributed by atoms with Gasteiger partial charge in [0.1, 0.15) is 6.10 Å². The van der Waals surface area contributed by atoms with E-state index < -0.39 is 17.7 Å². The molecule has 2 nitrogen and oxygen atoms in total. The molecule has 2 aromatic carbocycles. The quantitative estimate of drug-likeness (QED) is 0.919. The third kappa shape index (κ3) is 2.97. The smallest absolute Gasteiger partial charge is 0.159 e. The van der Waals surface area contributed by atoms with Crippen molar-refractivity contribution in [1.82, 2.24) is 0 Å². The molecule has 0 aromatic heterocycles. The van der Waals surface area contributed by atoms with E-state index >= 15 is 0 Å². The number of benzene rings is 2. The summed E-state index contributed by atoms with van der Waals surface area (Å²) in [6, 6.07) is 10.5. The van der Waals surface area contributed by atoms with Gasteiger partial charge in [-0.2, -0.15) is 0 Å². The van der Waals surface area contributed by atoms with E-state index in [4.69, 9.17) is 4.74 Å². The first-order valence-corrected chi connectivity index (χ1v) is 5.83. The van der Waals surface area contributed by atoms with Crippen LogP contribution in [0.4, 0.5) is 8.78 Å². The number of halogens is 2. The zero-order valence-corrected chi connectivity index (χ0v) is 10.4. The van der Waals surface area contributed by atoms with E-state index in [0.29, 0.717) is 17.7 Å². The highest BCUT2D eigenvalue weighted by atomic mass is 19.2. The fourth-order valence-corrected chi connectivity index (χ4v) is 1.95. The highest BCUT2D eigenvalue weighted by Gasteiger charge is 2.15. The van der Waals surface area contributed by atoms with Crippen LogP contribution in [0.5, 0.6) is 0 Å². The van der Waals surface area contributed by atoms with Crippen LogP contribution in [-0.4, -0.2) is 12.2 Å². The summed E-state index contributed by atoms with van der Waals surface area (Å²) in [6.45, 7) is 0.344. The second kappa shape index (κ2) is 5.91. The van der Waals surface area contributed by atoms with Gasteiger partial charge in [0.25, 0.3) is 0 Å². The molecular weight excluding hydrogens is 250 g/mol. The number of methoxy groups -OCH3 is 1. The zero-order valence-electron chi connectivity index (χ0n) is 10.4. The molecule has 100 valence electrons. The van der Waals surface area contributed by atoms with Crippen molar-refractivity contribution in [2.24, 2.45) is 0 Å². The van der Waals surface area contributed by atoms with Crippen LogP contribution < -0.4 is 0 Å². The van der Waals surface area contributed by atoms with Crippen LogP contribution in [0, 0.1) is 11.6 Å². The summed E-state index contributed by atoms with van der Waals surface area (Å²) in [5.74, 6) is -1.90. The second-order valence-electron chi connectivity index (χ2n) is 4.21. The fraction of sp³-hybridized carbons (Fsp3) is 0.200. The third-order valence-corrected chi connectivity index (χ3v) is 2.91. The molecule has 0 heterocycles. The zero-order chi connectivity index (χ0) is 13.8. The maximum Gasteiger partial charge on any atom is 0.159 e. The van der Waals surface area contributed by atoms with Gasteiger partial charge >= 0.3 is 0 Å². The van der Waals surface area contributed by atoms with Crippen LogP contribution in [0.2, 0.25) is 0 Å². The molecule has 0 fully saturated rings. The number of rotatable bonds is 4. The van der Waals surface area contributed by atoms with Crippen molar-refractivity contribution < 1.29 is 18.6 Å². The second-order valence-corrected chi connectivity index (χ2v) is 4.21. The number of aliphatic hydroxyl groups excluding tert-OH is 1. The van der Waals surface area contributed by atoms with E-state index in [1.54, 1.807) is 19.2 Å². The Balaban J connectivity index is 2.37. The lowest BCUT2D eigenvalue weighted by Crippen LogP contribution is -2.05. The largest absolute Gasteiger partial charge is 0.384 e. The number of hydrogen-bond donors (Lipinski definition) is 1. The van der Waals surface area contributed by atoms with E-state index in [2.05, 4.69) is 0 Å². The molecular formula is C15H14F2O2. The van der Waals surface area contributed by atoms with Crippen molar-refractivity contribution in [3.63, 3.8) is 0 Å². The maximum absolute atomic E-state index is 13.2. The van der Waals surface area contributed by atoms with Crippen LogP contribution in [-0.2, 0) is 11.3 Å². The van der Waals surface area contributed by atoms with Crippen LogP contribution in [0.15, 0.2) is 42.5 Å². The van der Waals surface area contributed by atoms with Crippen molar-refractivity contribution in [3.8, 4) is 0 Å². The summed E-state index contributed by atoms with van der Waals surface area (Å²) in [6.07, 6.45) is -1.01. The average Bonchev–Trinajstić information content (AvgIpc) is 2.42. The molecule has 0 amide bonds. The van der Waals surface area contributed by atoms with Crippen LogP contribution >= 0.6 is 0 Å². The SMILES string of the molecule is COCc1ccccc1C(O)c1ccc(F)c(F)c1.